The normalized spacial score (nSPS) is 32.0. The highest BCUT2D eigenvalue weighted by atomic mass is 19.4. The van der Waals surface area contributed by atoms with Crippen LogP contribution in [0.2, 0.25) is 0 Å². The Morgan fingerprint density at radius 3 is 2.52 bits per heavy atom. The average Bonchev–Trinajstić information content (AvgIpc) is 2.85. The Hall–Kier alpha value is -0.330. The van der Waals surface area contributed by atoms with Crippen LogP contribution in [0.3, 0.4) is 0 Å². The molecule has 0 radical (unpaired) electrons. The minimum atomic E-state index is -4.12. The Morgan fingerprint density at radius 1 is 1.19 bits per heavy atom. The second-order valence-electron chi connectivity index (χ2n) is 6.51. The lowest BCUT2D eigenvalue weighted by Gasteiger charge is -2.35. The zero-order chi connectivity index (χ0) is 15.5. The molecule has 2 rings (SSSR count). The van der Waals surface area contributed by atoms with E-state index in [0.29, 0.717) is 19.0 Å². The number of nitrogens with zero attached hydrogens (tertiary/aromatic N) is 2. The topological polar surface area (TPSA) is 26.7 Å². The van der Waals surface area contributed by atoms with Gasteiger partial charge in [-0.1, -0.05) is 19.8 Å². The van der Waals surface area contributed by atoms with Gasteiger partial charge in [0.2, 0.25) is 0 Å². The van der Waals surface area contributed by atoms with Crippen LogP contribution in [0.5, 0.6) is 0 Å². The molecule has 6 heteroatoms. The van der Waals surface area contributed by atoms with Gasteiger partial charge in [-0.05, 0) is 38.3 Å². The molecule has 1 saturated carbocycles. The molecule has 0 aromatic carbocycles. The Morgan fingerprint density at radius 2 is 1.90 bits per heavy atom. The van der Waals surface area contributed by atoms with Gasteiger partial charge in [-0.25, -0.2) is 0 Å². The molecule has 3 atom stereocenters. The summed E-state index contributed by atoms with van der Waals surface area (Å²) in [4.78, 5) is 3.79. The molecule has 1 aliphatic carbocycles. The number of aliphatic hydroxyl groups excluding tert-OH is 1. The van der Waals surface area contributed by atoms with Gasteiger partial charge in [-0.3, -0.25) is 9.80 Å². The maximum absolute atomic E-state index is 12.5. The molecule has 1 saturated heterocycles. The van der Waals surface area contributed by atoms with Gasteiger partial charge in [0.1, 0.15) is 0 Å². The molecule has 2 fully saturated rings. The van der Waals surface area contributed by atoms with Crippen LogP contribution in [0, 0.1) is 5.92 Å². The van der Waals surface area contributed by atoms with Crippen molar-refractivity contribution in [1.29, 1.82) is 0 Å². The van der Waals surface area contributed by atoms with Crippen LogP contribution in [-0.4, -0.2) is 66.0 Å². The van der Waals surface area contributed by atoms with Crippen molar-refractivity contribution in [3.8, 4) is 0 Å². The minimum Gasteiger partial charge on any atom is -0.391 e. The highest BCUT2D eigenvalue weighted by Gasteiger charge is 2.36. The number of rotatable bonds is 5. The molecule has 0 aromatic rings. The van der Waals surface area contributed by atoms with Crippen molar-refractivity contribution >= 4 is 0 Å². The number of hydrogen-bond acceptors (Lipinski definition) is 3. The lowest BCUT2D eigenvalue weighted by atomic mass is 9.91. The fourth-order valence-corrected chi connectivity index (χ4v) is 3.75. The van der Waals surface area contributed by atoms with E-state index in [2.05, 4.69) is 4.90 Å². The number of hydrogen-bond donors (Lipinski definition) is 1. The first-order valence-corrected chi connectivity index (χ1v) is 8.10. The molecule has 124 valence electrons. The number of aliphatic hydroxyl groups is 1. The highest BCUT2D eigenvalue weighted by molar-refractivity contribution is 4.88. The van der Waals surface area contributed by atoms with E-state index >= 15 is 0 Å². The predicted molar refractivity (Wildman–Crippen MR) is 76.1 cm³/mol. The zero-order valence-electron chi connectivity index (χ0n) is 12.8. The first-order valence-electron chi connectivity index (χ1n) is 8.10. The van der Waals surface area contributed by atoms with E-state index in [1.54, 1.807) is 6.92 Å². The summed E-state index contributed by atoms with van der Waals surface area (Å²) in [6.45, 7) is 3.65. The molecule has 0 aromatic heterocycles. The highest BCUT2D eigenvalue weighted by Crippen LogP contribution is 2.29. The van der Waals surface area contributed by atoms with Gasteiger partial charge in [0.05, 0.1) is 12.6 Å². The molecule has 3 nitrogen and oxygen atoms in total. The lowest BCUT2D eigenvalue weighted by molar-refractivity contribution is -0.146. The Labute approximate surface area is 125 Å². The van der Waals surface area contributed by atoms with Crippen LogP contribution in [0.25, 0.3) is 0 Å². The van der Waals surface area contributed by atoms with Gasteiger partial charge in [0.25, 0.3) is 0 Å². The molecule has 0 spiro atoms. The van der Waals surface area contributed by atoms with E-state index in [4.69, 9.17) is 0 Å². The number of alkyl halides is 3. The average molecular weight is 308 g/mol. The van der Waals surface area contributed by atoms with Crippen molar-refractivity contribution in [2.24, 2.45) is 5.92 Å². The van der Waals surface area contributed by atoms with Crippen LogP contribution in [0.1, 0.15) is 39.0 Å². The first-order chi connectivity index (χ1) is 9.89. The van der Waals surface area contributed by atoms with Crippen molar-refractivity contribution in [2.45, 2.75) is 57.3 Å². The third kappa shape index (κ3) is 5.11. The van der Waals surface area contributed by atoms with Crippen LogP contribution in [0.15, 0.2) is 0 Å². The molecule has 3 unspecified atom stereocenters. The second kappa shape index (κ2) is 7.29. The molecule has 21 heavy (non-hydrogen) atoms. The van der Waals surface area contributed by atoms with Crippen molar-refractivity contribution in [2.75, 3.05) is 32.7 Å². The van der Waals surface area contributed by atoms with E-state index in [1.165, 1.54) is 4.90 Å². The Balaban J connectivity index is 1.81. The Bertz CT molecular complexity index is 325. The third-order valence-corrected chi connectivity index (χ3v) is 4.85. The van der Waals surface area contributed by atoms with E-state index in [1.807, 2.05) is 0 Å². The fourth-order valence-electron chi connectivity index (χ4n) is 3.75. The van der Waals surface area contributed by atoms with Crippen LogP contribution < -0.4 is 0 Å². The molecule has 1 heterocycles. The number of halogens is 3. The van der Waals surface area contributed by atoms with Crippen LogP contribution in [-0.2, 0) is 0 Å². The van der Waals surface area contributed by atoms with E-state index in [0.717, 1.165) is 45.2 Å². The van der Waals surface area contributed by atoms with Gasteiger partial charge in [-0.15, -0.1) is 0 Å². The third-order valence-electron chi connectivity index (χ3n) is 4.85. The summed E-state index contributed by atoms with van der Waals surface area (Å²) >= 11 is 0. The smallest absolute Gasteiger partial charge is 0.391 e. The molecule has 2 aliphatic rings. The molecular formula is C15H27F3N2O. The molecule has 1 N–H and O–H groups in total. The van der Waals surface area contributed by atoms with Crippen LogP contribution >= 0.6 is 0 Å². The first kappa shape index (κ1) is 17.0. The van der Waals surface area contributed by atoms with Crippen LogP contribution in [0.4, 0.5) is 13.2 Å². The van der Waals surface area contributed by atoms with Crippen molar-refractivity contribution in [1.82, 2.24) is 9.80 Å². The quantitative estimate of drug-likeness (QED) is 0.845. The summed E-state index contributed by atoms with van der Waals surface area (Å²) < 4.78 is 37.5. The van der Waals surface area contributed by atoms with E-state index in [-0.39, 0.29) is 12.1 Å². The number of likely N-dealkylation sites (tertiary alicyclic amines) is 1. The predicted octanol–water partition coefficient (Wildman–Crippen LogP) is 2.50. The van der Waals surface area contributed by atoms with Crippen molar-refractivity contribution < 1.29 is 18.3 Å². The minimum absolute atomic E-state index is 0.224. The summed E-state index contributed by atoms with van der Waals surface area (Å²) in [7, 11) is 0. The van der Waals surface area contributed by atoms with Gasteiger partial charge >= 0.3 is 6.18 Å². The maximum Gasteiger partial charge on any atom is 0.401 e. The largest absolute Gasteiger partial charge is 0.401 e. The summed E-state index contributed by atoms with van der Waals surface area (Å²) in [5, 5.41) is 10.1. The summed E-state index contributed by atoms with van der Waals surface area (Å²) in [6.07, 6.45) is 0.692. The van der Waals surface area contributed by atoms with Gasteiger partial charge in [-0.2, -0.15) is 13.2 Å². The fraction of sp³-hybridized carbons (Fsp3) is 1.00. The maximum atomic E-state index is 12.5. The van der Waals surface area contributed by atoms with E-state index in [9.17, 15) is 18.3 Å². The summed E-state index contributed by atoms with van der Waals surface area (Å²) in [6, 6.07) is 0.224. The van der Waals surface area contributed by atoms with Crippen molar-refractivity contribution in [3.05, 3.63) is 0 Å². The second-order valence-corrected chi connectivity index (χ2v) is 6.51. The molecule has 0 amide bonds. The standard InChI is InChI=1S/C15H27F3N2O/c1-2-19(11-15(16,17)18)9-12-7-8-20(10-12)13-5-3-4-6-14(13)21/h12-14,21H,2-11H2,1H3. The zero-order valence-corrected chi connectivity index (χ0v) is 12.8. The monoisotopic (exact) mass is 308 g/mol. The van der Waals surface area contributed by atoms with Gasteiger partial charge < -0.3 is 5.11 Å². The summed E-state index contributed by atoms with van der Waals surface area (Å²) in [5.74, 6) is 0.293. The molecule has 0 bridgehead atoms. The van der Waals surface area contributed by atoms with Gasteiger partial charge in [0.15, 0.2) is 0 Å². The van der Waals surface area contributed by atoms with E-state index < -0.39 is 12.7 Å². The lowest BCUT2D eigenvalue weighted by Crippen LogP contribution is -2.45. The molecule has 1 aliphatic heterocycles. The van der Waals surface area contributed by atoms with Crippen molar-refractivity contribution in [3.63, 3.8) is 0 Å². The SMILES string of the molecule is CCN(CC1CCN(C2CCCCC2O)C1)CC(F)(F)F. The Kier molecular flexibility index (Phi) is 5.91. The van der Waals surface area contributed by atoms with Gasteiger partial charge in [0, 0.05) is 19.1 Å². The molecular weight excluding hydrogens is 281 g/mol. The summed E-state index contributed by atoms with van der Waals surface area (Å²) in [5.41, 5.74) is 0.